The molecular weight excluding hydrogens is 386 g/mol. The van der Waals surface area contributed by atoms with E-state index in [2.05, 4.69) is 5.32 Å². The van der Waals surface area contributed by atoms with Crippen molar-refractivity contribution in [2.45, 2.75) is 33.1 Å². The van der Waals surface area contributed by atoms with E-state index in [4.69, 9.17) is 4.74 Å². The average molecular weight is 411 g/mol. The number of carbonyl (C=O) groups excluding carboxylic acids is 2. The van der Waals surface area contributed by atoms with Gasteiger partial charge in [0.1, 0.15) is 5.69 Å². The van der Waals surface area contributed by atoms with Crippen LogP contribution in [0.4, 0.5) is 17.1 Å². The van der Waals surface area contributed by atoms with Gasteiger partial charge in [0.05, 0.1) is 10.5 Å². The van der Waals surface area contributed by atoms with Crippen molar-refractivity contribution in [3.8, 4) is 0 Å². The Morgan fingerprint density at radius 2 is 1.83 bits per heavy atom. The summed E-state index contributed by atoms with van der Waals surface area (Å²) < 4.78 is 5.06. The third kappa shape index (κ3) is 5.14. The highest BCUT2D eigenvalue weighted by Crippen LogP contribution is 2.31. The molecule has 2 aromatic rings. The van der Waals surface area contributed by atoms with Gasteiger partial charge in [-0.25, -0.2) is 4.79 Å². The first-order valence-corrected chi connectivity index (χ1v) is 9.93. The third-order valence-corrected chi connectivity index (χ3v) is 5.09. The number of aryl methyl sites for hydroxylation is 2. The van der Waals surface area contributed by atoms with E-state index in [1.54, 1.807) is 12.1 Å². The summed E-state index contributed by atoms with van der Waals surface area (Å²) in [6.07, 6.45) is 3.08. The molecule has 8 nitrogen and oxygen atoms in total. The number of esters is 1. The monoisotopic (exact) mass is 411 g/mol. The molecule has 3 rings (SSSR count). The minimum atomic E-state index is -0.779. The van der Waals surface area contributed by atoms with Gasteiger partial charge in [0, 0.05) is 24.8 Å². The highest BCUT2D eigenvalue weighted by atomic mass is 16.6. The molecule has 0 radical (unpaired) electrons. The van der Waals surface area contributed by atoms with Crippen LogP contribution in [0, 0.1) is 24.0 Å². The number of anilines is 2. The number of hydrogen-bond acceptors (Lipinski definition) is 6. The number of piperidine rings is 1. The summed E-state index contributed by atoms with van der Waals surface area (Å²) in [6, 6.07) is 9.89. The molecule has 1 amide bonds. The van der Waals surface area contributed by atoms with Crippen molar-refractivity contribution < 1.29 is 19.2 Å². The Hall–Kier alpha value is -3.42. The van der Waals surface area contributed by atoms with Gasteiger partial charge in [-0.05, 0) is 56.9 Å². The van der Waals surface area contributed by atoms with E-state index in [9.17, 15) is 19.7 Å². The summed E-state index contributed by atoms with van der Waals surface area (Å²) in [6.45, 7) is 4.86. The van der Waals surface area contributed by atoms with Crippen LogP contribution in [0.2, 0.25) is 0 Å². The number of nitrogens with one attached hydrogen (secondary N) is 1. The normalized spacial score (nSPS) is 13.6. The molecule has 30 heavy (non-hydrogen) atoms. The van der Waals surface area contributed by atoms with E-state index in [1.807, 2.05) is 30.9 Å². The van der Waals surface area contributed by atoms with Crippen molar-refractivity contribution in [3.63, 3.8) is 0 Å². The maximum Gasteiger partial charge on any atom is 0.338 e. The second-order valence-corrected chi connectivity index (χ2v) is 7.45. The lowest BCUT2D eigenvalue weighted by atomic mass is 10.1. The number of hydrogen-bond donors (Lipinski definition) is 1. The van der Waals surface area contributed by atoms with Crippen LogP contribution in [0.1, 0.15) is 40.7 Å². The fraction of sp³-hybridized carbons (Fsp3) is 0.364. The molecule has 0 spiro atoms. The molecule has 1 aliphatic rings. The Morgan fingerprint density at radius 1 is 1.10 bits per heavy atom. The van der Waals surface area contributed by atoms with Crippen molar-refractivity contribution in [1.29, 1.82) is 0 Å². The van der Waals surface area contributed by atoms with Gasteiger partial charge in [0.2, 0.25) is 0 Å². The minimum absolute atomic E-state index is 0.0433. The van der Waals surface area contributed by atoms with E-state index < -0.39 is 23.4 Å². The number of nitro groups is 1. The molecule has 158 valence electrons. The first-order valence-electron chi connectivity index (χ1n) is 9.93. The topological polar surface area (TPSA) is 102 Å². The minimum Gasteiger partial charge on any atom is -0.452 e. The van der Waals surface area contributed by atoms with Crippen LogP contribution in [0.15, 0.2) is 36.4 Å². The number of ether oxygens (including phenoxy) is 1. The van der Waals surface area contributed by atoms with Crippen LogP contribution in [-0.2, 0) is 9.53 Å². The molecule has 0 saturated carbocycles. The van der Waals surface area contributed by atoms with Gasteiger partial charge < -0.3 is 15.0 Å². The quantitative estimate of drug-likeness (QED) is 0.438. The molecule has 1 aliphatic heterocycles. The van der Waals surface area contributed by atoms with Crippen LogP contribution in [0.25, 0.3) is 0 Å². The molecule has 8 heteroatoms. The van der Waals surface area contributed by atoms with Crippen LogP contribution in [-0.4, -0.2) is 36.5 Å². The zero-order chi connectivity index (χ0) is 21.7. The Kier molecular flexibility index (Phi) is 6.66. The first kappa shape index (κ1) is 21.3. The predicted molar refractivity (Wildman–Crippen MR) is 114 cm³/mol. The maximum absolute atomic E-state index is 12.3. The fourth-order valence-electron chi connectivity index (χ4n) is 3.55. The van der Waals surface area contributed by atoms with Gasteiger partial charge >= 0.3 is 5.97 Å². The summed E-state index contributed by atoms with van der Waals surface area (Å²) in [7, 11) is 0. The first-order chi connectivity index (χ1) is 14.3. The number of rotatable bonds is 6. The second-order valence-electron chi connectivity index (χ2n) is 7.45. The Morgan fingerprint density at radius 3 is 2.50 bits per heavy atom. The second kappa shape index (κ2) is 9.39. The van der Waals surface area contributed by atoms with Gasteiger partial charge in [-0.2, -0.15) is 0 Å². The smallest absolute Gasteiger partial charge is 0.338 e. The SMILES string of the molecule is Cc1ccc(NC(=O)COC(=O)c2ccc(N3CCCCC3)c([N+](=O)[O-])c2)c(C)c1. The lowest BCUT2D eigenvalue weighted by Gasteiger charge is -2.28. The molecule has 0 bridgehead atoms. The van der Waals surface area contributed by atoms with Crippen molar-refractivity contribution >= 4 is 28.9 Å². The van der Waals surface area contributed by atoms with E-state index in [0.717, 1.165) is 43.5 Å². The van der Waals surface area contributed by atoms with Crippen LogP contribution < -0.4 is 10.2 Å². The van der Waals surface area contributed by atoms with Crippen molar-refractivity contribution in [2.75, 3.05) is 29.9 Å². The molecule has 1 saturated heterocycles. The van der Waals surface area contributed by atoms with Crippen LogP contribution in [0.5, 0.6) is 0 Å². The summed E-state index contributed by atoms with van der Waals surface area (Å²) in [5.74, 6) is -1.26. The summed E-state index contributed by atoms with van der Waals surface area (Å²) in [4.78, 5) is 37.5. The summed E-state index contributed by atoms with van der Waals surface area (Å²) in [5, 5.41) is 14.2. The number of nitro benzene ring substituents is 1. The standard InChI is InChI=1S/C22H25N3O5/c1-15-6-8-18(16(2)12-15)23-21(26)14-30-22(27)17-7-9-19(20(13-17)25(28)29)24-10-4-3-5-11-24/h6-9,12-13H,3-5,10-11,14H2,1-2H3,(H,23,26). The molecule has 0 aliphatic carbocycles. The lowest BCUT2D eigenvalue weighted by molar-refractivity contribution is -0.384. The largest absolute Gasteiger partial charge is 0.452 e. The predicted octanol–water partition coefficient (Wildman–Crippen LogP) is 4.00. The van der Waals surface area contributed by atoms with E-state index in [1.165, 1.54) is 12.1 Å². The van der Waals surface area contributed by atoms with Gasteiger partial charge in [-0.3, -0.25) is 14.9 Å². The van der Waals surface area contributed by atoms with Gasteiger partial charge in [-0.1, -0.05) is 17.7 Å². The third-order valence-electron chi connectivity index (χ3n) is 5.09. The van der Waals surface area contributed by atoms with E-state index in [0.29, 0.717) is 11.4 Å². The van der Waals surface area contributed by atoms with Gasteiger partial charge in [-0.15, -0.1) is 0 Å². The van der Waals surface area contributed by atoms with Crippen LogP contribution >= 0.6 is 0 Å². The van der Waals surface area contributed by atoms with Crippen molar-refractivity contribution in [1.82, 2.24) is 0 Å². The Balaban J connectivity index is 1.65. The molecule has 1 N–H and O–H groups in total. The van der Waals surface area contributed by atoms with Crippen molar-refractivity contribution in [2.24, 2.45) is 0 Å². The van der Waals surface area contributed by atoms with Gasteiger partial charge in [0.25, 0.3) is 11.6 Å². The molecule has 1 fully saturated rings. The van der Waals surface area contributed by atoms with E-state index in [-0.39, 0.29) is 11.3 Å². The highest BCUT2D eigenvalue weighted by molar-refractivity contribution is 5.96. The number of benzene rings is 2. The molecular formula is C22H25N3O5. The number of amides is 1. The zero-order valence-corrected chi connectivity index (χ0v) is 17.1. The van der Waals surface area contributed by atoms with Crippen molar-refractivity contribution in [3.05, 3.63) is 63.2 Å². The number of nitrogens with zero attached hydrogens (tertiary/aromatic N) is 2. The Bertz CT molecular complexity index is 967. The van der Waals surface area contributed by atoms with E-state index >= 15 is 0 Å². The molecule has 1 heterocycles. The lowest BCUT2D eigenvalue weighted by Crippen LogP contribution is -2.30. The number of carbonyl (C=O) groups is 2. The van der Waals surface area contributed by atoms with Crippen LogP contribution in [0.3, 0.4) is 0 Å². The molecule has 0 aromatic heterocycles. The molecule has 0 atom stereocenters. The molecule has 0 unspecified atom stereocenters. The fourth-order valence-corrected chi connectivity index (χ4v) is 3.55. The molecule has 2 aromatic carbocycles. The summed E-state index contributed by atoms with van der Waals surface area (Å²) >= 11 is 0. The highest BCUT2D eigenvalue weighted by Gasteiger charge is 2.23. The summed E-state index contributed by atoms with van der Waals surface area (Å²) in [5.41, 5.74) is 3.03. The van der Waals surface area contributed by atoms with Gasteiger partial charge in [0.15, 0.2) is 6.61 Å². The maximum atomic E-state index is 12.3. The average Bonchev–Trinajstić information content (AvgIpc) is 2.74. The Labute approximate surface area is 175 Å². The zero-order valence-electron chi connectivity index (χ0n) is 17.1.